The van der Waals surface area contributed by atoms with E-state index in [2.05, 4.69) is 27.8 Å². The topological polar surface area (TPSA) is 85.2 Å². The third-order valence-electron chi connectivity index (χ3n) is 5.31. The number of likely N-dealkylation sites (tertiary alicyclic amines) is 1. The maximum Gasteiger partial charge on any atom is 0.322 e. The number of carbonyl (C=O) groups excluding carboxylic acids is 1. The highest BCUT2D eigenvalue weighted by molar-refractivity contribution is 5.89. The van der Waals surface area contributed by atoms with Gasteiger partial charge >= 0.3 is 6.03 Å². The number of ether oxygens (including phenoxy) is 1. The number of methoxy groups -OCH3 is 1. The number of nitrogens with zero attached hydrogens (tertiary/aromatic N) is 5. The number of carbonyl (C=O) groups is 1. The maximum absolute atomic E-state index is 13.1. The van der Waals surface area contributed by atoms with Crippen molar-refractivity contribution in [3.63, 3.8) is 0 Å². The molecule has 150 valence electrons. The molecule has 2 heterocycles. The van der Waals surface area contributed by atoms with Crippen molar-refractivity contribution in [2.75, 3.05) is 19.0 Å². The van der Waals surface area contributed by atoms with Gasteiger partial charge in [0, 0.05) is 17.8 Å². The fraction of sp³-hybridized carbons (Fsp3) is 0.333. The minimum absolute atomic E-state index is 0.0113. The van der Waals surface area contributed by atoms with Crippen LogP contribution < -0.4 is 10.1 Å². The number of piperidine rings is 1. The summed E-state index contributed by atoms with van der Waals surface area (Å²) < 4.78 is 7.11. The van der Waals surface area contributed by atoms with Crippen LogP contribution in [0.2, 0.25) is 0 Å². The SMILES string of the molecule is COc1ccccc1C1CCC(C)CN1C(=O)Nc1ccc(-n2cnnn2)cc1. The third kappa shape index (κ3) is 4.06. The second-order valence-electron chi connectivity index (χ2n) is 7.32. The Morgan fingerprint density at radius 2 is 1.93 bits per heavy atom. The number of amides is 2. The minimum Gasteiger partial charge on any atom is -0.496 e. The lowest BCUT2D eigenvalue weighted by atomic mass is 9.90. The molecule has 8 nitrogen and oxygen atoms in total. The van der Waals surface area contributed by atoms with E-state index in [0.717, 1.165) is 35.5 Å². The van der Waals surface area contributed by atoms with Gasteiger partial charge in [0.2, 0.25) is 0 Å². The Morgan fingerprint density at radius 3 is 2.66 bits per heavy atom. The van der Waals surface area contributed by atoms with Gasteiger partial charge in [-0.1, -0.05) is 25.1 Å². The van der Waals surface area contributed by atoms with Crippen LogP contribution in [0.5, 0.6) is 5.75 Å². The monoisotopic (exact) mass is 392 g/mol. The van der Waals surface area contributed by atoms with Crippen LogP contribution in [0.4, 0.5) is 10.5 Å². The van der Waals surface area contributed by atoms with Crippen molar-refractivity contribution in [3.8, 4) is 11.4 Å². The van der Waals surface area contributed by atoms with Crippen LogP contribution in [-0.2, 0) is 0 Å². The highest BCUT2D eigenvalue weighted by atomic mass is 16.5. The Bertz CT molecular complexity index is 958. The Hall–Kier alpha value is -3.42. The van der Waals surface area contributed by atoms with Crippen LogP contribution in [0.1, 0.15) is 31.4 Å². The smallest absolute Gasteiger partial charge is 0.322 e. The largest absolute Gasteiger partial charge is 0.496 e. The van der Waals surface area contributed by atoms with E-state index in [-0.39, 0.29) is 12.1 Å². The summed E-state index contributed by atoms with van der Waals surface area (Å²) in [5, 5.41) is 14.2. The molecule has 4 rings (SSSR count). The molecule has 8 heteroatoms. The van der Waals surface area contributed by atoms with Gasteiger partial charge in [-0.05, 0) is 59.5 Å². The van der Waals surface area contributed by atoms with Gasteiger partial charge in [-0.15, -0.1) is 5.10 Å². The predicted molar refractivity (Wildman–Crippen MR) is 109 cm³/mol. The van der Waals surface area contributed by atoms with E-state index in [1.807, 2.05) is 53.4 Å². The molecule has 0 bridgehead atoms. The van der Waals surface area contributed by atoms with Crippen molar-refractivity contribution in [2.24, 2.45) is 5.92 Å². The molecule has 1 aliphatic rings. The number of hydrogen-bond acceptors (Lipinski definition) is 5. The Labute approximate surface area is 169 Å². The molecule has 0 radical (unpaired) electrons. The normalized spacial score (nSPS) is 19.0. The van der Waals surface area contributed by atoms with Gasteiger partial charge in [0.15, 0.2) is 0 Å². The summed E-state index contributed by atoms with van der Waals surface area (Å²) in [6, 6.07) is 15.2. The number of rotatable bonds is 4. The molecule has 2 amide bonds. The first-order valence-electron chi connectivity index (χ1n) is 9.69. The fourth-order valence-electron chi connectivity index (χ4n) is 3.81. The molecule has 1 aliphatic heterocycles. The zero-order valence-electron chi connectivity index (χ0n) is 16.5. The van der Waals surface area contributed by atoms with Crippen LogP contribution >= 0.6 is 0 Å². The average molecular weight is 392 g/mol. The number of aromatic nitrogens is 4. The second kappa shape index (κ2) is 8.30. The van der Waals surface area contributed by atoms with Gasteiger partial charge in [-0.3, -0.25) is 0 Å². The Morgan fingerprint density at radius 1 is 1.14 bits per heavy atom. The molecule has 1 saturated heterocycles. The van der Waals surface area contributed by atoms with Crippen molar-refractivity contribution in [1.82, 2.24) is 25.1 Å². The predicted octanol–water partition coefficient (Wildman–Crippen LogP) is 3.68. The fourth-order valence-corrected chi connectivity index (χ4v) is 3.81. The molecule has 29 heavy (non-hydrogen) atoms. The van der Waals surface area contributed by atoms with Crippen LogP contribution in [0, 0.1) is 5.92 Å². The van der Waals surface area contributed by atoms with Gasteiger partial charge in [-0.25, -0.2) is 9.48 Å². The maximum atomic E-state index is 13.1. The van der Waals surface area contributed by atoms with Crippen molar-refractivity contribution in [3.05, 3.63) is 60.4 Å². The van der Waals surface area contributed by atoms with Crippen LogP contribution in [0.3, 0.4) is 0 Å². The Kier molecular flexibility index (Phi) is 5.41. The first-order valence-corrected chi connectivity index (χ1v) is 9.69. The number of urea groups is 1. The Balaban J connectivity index is 1.53. The lowest BCUT2D eigenvalue weighted by Crippen LogP contribution is -2.44. The first kappa shape index (κ1) is 18.9. The minimum atomic E-state index is -0.109. The summed E-state index contributed by atoms with van der Waals surface area (Å²) in [7, 11) is 1.67. The number of para-hydroxylation sites is 1. The highest BCUT2D eigenvalue weighted by Crippen LogP contribution is 2.37. The molecular formula is C21H24N6O2. The molecule has 0 saturated carbocycles. The summed E-state index contributed by atoms with van der Waals surface area (Å²) in [5.74, 6) is 1.27. The zero-order chi connectivity index (χ0) is 20.2. The summed E-state index contributed by atoms with van der Waals surface area (Å²) in [6.45, 7) is 2.89. The average Bonchev–Trinajstić information content (AvgIpc) is 3.29. The standard InChI is InChI=1S/C21H24N6O2/c1-15-7-12-19(18-5-3-4-6-20(18)29-2)26(13-15)21(28)23-16-8-10-17(11-9-16)27-14-22-24-25-27/h3-6,8-11,14-15,19H,7,12-13H2,1-2H3,(H,23,28). The van der Waals surface area contributed by atoms with E-state index >= 15 is 0 Å². The third-order valence-corrected chi connectivity index (χ3v) is 5.31. The molecule has 1 fully saturated rings. The molecule has 3 aromatic rings. The number of benzene rings is 2. The lowest BCUT2D eigenvalue weighted by molar-refractivity contribution is 0.138. The van der Waals surface area contributed by atoms with E-state index < -0.39 is 0 Å². The quantitative estimate of drug-likeness (QED) is 0.732. The van der Waals surface area contributed by atoms with Crippen molar-refractivity contribution in [2.45, 2.75) is 25.8 Å². The summed E-state index contributed by atoms with van der Waals surface area (Å²) in [5.41, 5.74) is 2.60. The molecule has 0 aliphatic carbocycles. The molecule has 2 unspecified atom stereocenters. The molecule has 1 N–H and O–H groups in total. The first-order chi connectivity index (χ1) is 14.2. The lowest BCUT2D eigenvalue weighted by Gasteiger charge is -2.39. The highest BCUT2D eigenvalue weighted by Gasteiger charge is 2.32. The van der Waals surface area contributed by atoms with E-state index in [4.69, 9.17) is 4.74 Å². The van der Waals surface area contributed by atoms with Gasteiger partial charge < -0.3 is 15.0 Å². The van der Waals surface area contributed by atoms with Crippen molar-refractivity contribution < 1.29 is 9.53 Å². The van der Waals surface area contributed by atoms with E-state index in [1.54, 1.807) is 11.8 Å². The molecule has 1 aromatic heterocycles. The van der Waals surface area contributed by atoms with E-state index in [0.29, 0.717) is 12.5 Å². The van der Waals surface area contributed by atoms with Crippen LogP contribution in [-0.4, -0.2) is 44.8 Å². The van der Waals surface area contributed by atoms with Gasteiger partial charge in [0.05, 0.1) is 18.8 Å². The summed E-state index contributed by atoms with van der Waals surface area (Å²) >= 11 is 0. The number of hydrogen-bond donors (Lipinski definition) is 1. The zero-order valence-corrected chi connectivity index (χ0v) is 16.5. The molecule has 2 atom stereocenters. The van der Waals surface area contributed by atoms with Gasteiger partial charge in [-0.2, -0.15) is 0 Å². The molecule has 2 aromatic carbocycles. The molecular weight excluding hydrogens is 368 g/mol. The number of nitrogens with one attached hydrogen (secondary N) is 1. The van der Waals surface area contributed by atoms with Crippen molar-refractivity contribution >= 4 is 11.7 Å². The molecule has 0 spiro atoms. The van der Waals surface area contributed by atoms with Gasteiger partial charge in [0.1, 0.15) is 12.1 Å². The summed E-state index contributed by atoms with van der Waals surface area (Å²) in [6.07, 6.45) is 3.51. The van der Waals surface area contributed by atoms with Gasteiger partial charge in [0.25, 0.3) is 0 Å². The van der Waals surface area contributed by atoms with E-state index in [9.17, 15) is 4.79 Å². The van der Waals surface area contributed by atoms with Crippen LogP contribution in [0.25, 0.3) is 5.69 Å². The number of anilines is 1. The summed E-state index contributed by atoms with van der Waals surface area (Å²) in [4.78, 5) is 15.1. The van der Waals surface area contributed by atoms with E-state index in [1.165, 1.54) is 6.33 Å². The number of tetrazole rings is 1. The van der Waals surface area contributed by atoms with Crippen molar-refractivity contribution in [1.29, 1.82) is 0 Å². The van der Waals surface area contributed by atoms with Crippen LogP contribution in [0.15, 0.2) is 54.9 Å². The second-order valence-corrected chi connectivity index (χ2v) is 7.32.